The minimum absolute atomic E-state index is 0.343. The van der Waals surface area contributed by atoms with Crippen LogP contribution < -0.4 is 11.1 Å². The van der Waals surface area contributed by atoms with Gasteiger partial charge in [-0.2, -0.15) is 0 Å². The van der Waals surface area contributed by atoms with Crippen LogP contribution in [0.25, 0.3) is 11.1 Å². The van der Waals surface area contributed by atoms with Crippen molar-refractivity contribution >= 4 is 11.9 Å². The summed E-state index contributed by atoms with van der Waals surface area (Å²) < 4.78 is 0. The molecule has 5 heteroatoms. The quantitative estimate of drug-likeness (QED) is 0.781. The average Bonchev–Trinajstić information content (AvgIpc) is 3.12. The fraction of sp³-hybridized carbons (Fsp3) is 0.300. The van der Waals surface area contributed by atoms with Crippen molar-refractivity contribution in [2.24, 2.45) is 5.73 Å². The number of nitrogens with two attached hydrogens (primary N) is 1. The standard InChI is InChI=1S/C20H22N2O3/c21-13-14-6-8-15(9-7-14)16-4-3-5-17(12-16)18(23)22-20(19(24)25)10-1-2-11-20/h3-9,12H,1-2,10-11,13,21H2,(H,22,23)(H,24,25). The van der Waals surface area contributed by atoms with Crippen LogP contribution in [-0.2, 0) is 11.3 Å². The number of carboxylic acid groups (broad SMARTS) is 1. The van der Waals surface area contributed by atoms with Gasteiger partial charge in [0.05, 0.1) is 0 Å². The van der Waals surface area contributed by atoms with Crippen LogP contribution in [0.2, 0.25) is 0 Å². The number of carboxylic acids is 1. The van der Waals surface area contributed by atoms with E-state index in [1.165, 1.54) is 0 Å². The van der Waals surface area contributed by atoms with Crippen molar-refractivity contribution < 1.29 is 14.7 Å². The summed E-state index contributed by atoms with van der Waals surface area (Å²) in [6, 6.07) is 15.1. The fourth-order valence-electron chi connectivity index (χ4n) is 3.33. The third-order valence-corrected chi connectivity index (χ3v) is 4.87. The van der Waals surface area contributed by atoms with Gasteiger partial charge in [-0.05, 0) is 41.7 Å². The molecular weight excluding hydrogens is 316 g/mol. The third-order valence-electron chi connectivity index (χ3n) is 4.87. The van der Waals surface area contributed by atoms with E-state index in [2.05, 4.69) is 5.32 Å². The molecule has 0 heterocycles. The molecule has 1 aliphatic carbocycles. The Morgan fingerprint density at radius 1 is 1.04 bits per heavy atom. The molecule has 2 aromatic carbocycles. The zero-order valence-electron chi connectivity index (χ0n) is 14.0. The van der Waals surface area contributed by atoms with Crippen LogP contribution in [0.3, 0.4) is 0 Å². The minimum atomic E-state index is -1.13. The lowest BCUT2D eigenvalue weighted by atomic mass is 9.96. The summed E-state index contributed by atoms with van der Waals surface area (Å²) in [5.74, 6) is -1.29. The fourth-order valence-corrected chi connectivity index (χ4v) is 3.33. The van der Waals surface area contributed by atoms with E-state index in [0.717, 1.165) is 29.5 Å². The van der Waals surface area contributed by atoms with Gasteiger partial charge in [0.1, 0.15) is 5.54 Å². The summed E-state index contributed by atoms with van der Waals surface area (Å²) in [7, 11) is 0. The number of benzene rings is 2. The summed E-state index contributed by atoms with van der Waals surface area (Å²) >= 11 is 0. The van der Waals surface area contributed by atoms with E-state index in [-0.39, 0.29) is 5.91 Å². The van der Waals surface area contributed by atoms with Crippen LogP contribution in [0.15, 0.2) is 48.5 Å². The molecule has 4 N–H and O–H groups in total. The lowest BCUT2D eigenvalue weighted by Gasteiger charge is -2.25. The van der Waals surface area contributed by atoms with Crippen molar-refractivity contribution in [2.45, 2.75) is 37.8 Å². The van der Waals surface area contributed by atoms with Crippen molar-refractivity contribution in [3.63, 3.8) is 0 Å². The van der Waals surface area contributed by atoms with E-state index >= 15 is 0 Å². The van der Waals surface area contributed by atoms with Crippen molar-refractivity contribution in [2.75, 3.05) is 0 Å². The Hall–Kier alpha value is -2.66. The molecule has 1 amide bonds. The minimum Gasteiger partial charge on any atom is -0.480 e. The predicted molar refractivity (Wildman–Crippen MR) is 96.1 cm³/mol. The van der Waals surface area contributed by atoms with Gasteiger partial charge in [0, 0.05) is 12.1 Å². The molecule has 1 saturated carbocycles. The summed E-state index contributed by atoms with van der Waals surface area (Å²) in [5, 5.41) is 12.3. The molecule has 5 nitrogen and oxygen atoms in total. The van der Waals surface area contributed by atoms with Gasteiger partial charge < -0.3 is 16.2 Å². The molecule has 1 aliphatic rings. The first-order chi connectivity index (χ1) is 12.0. The van der Waals surface area contributed by atoms with E-state index in [1.54, 1.807) is 12.1 Å². The predicted octanol–water partition coefficient (Wildman–Crippen LogP) is 2.94. The zero-order chi connectivity index (χ0) is 17.9. The van der Waals surface area contributed by atoms with Crippen LogP contribution in [0.4, 0.5) is 0 Å². The highest BCUT2D eigenvalue weighted by atomic mass is 16.4. The molecule has 130 valence electrons. The Morgan fingerprint density at radius 2 is 1.72 bits per heavy atom. The molecule has 0 atom stereocenters. The topological polar surface area (TPSA) is 92.4 Å². The lowest BCUT2D eigenvalue weighted by molar-refractivity contribution is -0.144. The number of carbonyl (C=O) groups is 2. The Bertz CT molecular complexity index is 778. The van der Waals surface area contributed by atoms with Crippen LogP contribution in [0, 0.1) is 0 Å². The van der Waals surface area contributed by atoms with Crippen LogP contribution in [-0.4, -0.2) is 22.5 Å². The van der Waals surface area contributed by atoms with Crippen molar-refractivity contribution in [3.8, 4) is 11.1 Å². The second kappa shape index (κ2) is 7.07. The lowest BCUT2D eigenvalue weighted by Crippen LogP contribution is -2.52. The smallest absolute Gasteiger partial charge is 0.329 e. The molecule has 0 aromatic heterocycles. The molecule has 25 heavy (non-hydrogen) atoms. The van der Waals surface area contributed by atoms with Crippen LogP contribution >= 0.6 is 0 Å². The molecule has 0 radical (unpaired) electrons. The Labute approximate surface area is 146 Å². The Balaban J connectivity index is 1.83. The summed E-state index contributed by atoms with van der Waals surface area (Å²) in [6.45, 7) is 0.486. The second-order valence-electron chi connectivity index (χ2n) is 6.53. The maximum atomic E-state index is 12.6. The Morgan fingerprint density at radius 3 is 2.32 bits per heavy atom. The number of rotatable bonds is 5. The van der Waals surface area contributed by atoms with Gasteiger partial charge in [-0.15, -0.1) is 0 Å². The highest BCUT2D eigenvalue weighted by Crippen LogP contribution is 2.30. The number of hydrogen-bond acceptors (Lipinski definition) is 3. The molecule has 1 fully saturated rings. The summed E-state index contributed by atoms with van der Waals surface area (Å²) in [4.78, 5) is 24.2. The number of carbonyl (C=O) groups excluding carboxylic acids is 1. The van der Waals surface area contributed by atoms with Crippen molar-refractivity contribution in [1.29, 1.82) is 0 Å². The number of amides is 1. The number of nitrogens with one attached hydrogen (secondary N) is 1. The molecule has 0 aliphatic heterocycles. The maximum absolute atomic E-state index is 12.6. The molecule has 0 unspecified atom stereocenters. The van der Waals surface area contributed by atoms with E-state index in [0.29, 0.717) is 24.9 Å². The summed E-state index contributed by atoms with van der Waals surface area (Å²) in [5.41, 5.74) is 7.89. The van der Waals surface area contributed by atoms with E-state index in [1.807, 2.05) is 36.4 Å². The molecule has 3 rings (SSSR count). The van der Waals surface area contributed by atoms with Gasteiger partial charge in [-0.3, -0.25) is 4.79 Å². The largest absolute Gasteiger partial charge is 0.480 e. The second-order valence-corrected chi connectivity index (χ2v) is 6.53. The zero-order valence-corrected chi connectivity index (χ0v) is 14.0. The first-order valence-corrected chi connectivity index (χ1v) is 8.49. The third kappa shape index (κ3) is 3.56. The van der Waals surface area contributed by atoms with E-state index in [9.17, 15) is 14.7 Å². The Kier molecular flexibility index (Phi) is 4.86. The monoisotopic (exact) mass is 338 g/mol. The first-order valence-electron chi connectivity index (χ1n) is 8.49. The van der Waals surface area contributed by atoms with Gasteiger partial charge >= 0.3 is 5.97 Å². The summed E-state index contributed by atoms with van der Waals surface area (Å²) in [6.07, 6.45) is 2.60. The van der Waals surface area contributed by atoms with Gasteiger partial charge in [-0.1, -0.05) is 49.2 Å². The normalized spacial score (nSPS) is 15.7. The van der Waals surface area contributed by atoms with Crippen molar-refractivity contribution in [3.05, 3.63) is 59.7 Å². The maximum Gasteiger partial charge on any atom is 0.329 e. The molecule has 0 spiro atoms. The molecule has 0 saturated heterocycles. The molecule has 0 bridgehead atoms. The highest BCUT2D eigenvalue weighted by molar-refractivity contribution is 5.98. The van der Waals surface area contributed by atoms with Crippen LogP contribution in [0.5, 0.6) is 0 Å². The van der Waals surface area contributed by atoms with E-state index < -0.39 is 11.5 Å². The van der Waals surface area contributed by atoms with Gasteiger partial charge in [-0.25, -0.2) is 4.79 Å². The molecule has 2 aromatic rings. The van der Waals surface area contributed by atoms with Gasteiger partial charge in [0.2, 0.25) is 0 Å². The SMILES string of the molecule is NCc1ccc(-c2cccc(C(=O)NC3(C(=O)O)CCCC3)c2)cc1. The van der Waals surface area contributed by atoms with E-state index in [4.69, 9.17) is 5.73 Å². The van der Waals surface area contributed by atoms with Gasteiger partial charge in [0.15, 0.2) is 0 Å². The average molecular weight is 338 g/mol. The van der Waals surface area contributed by atoms with Crippen LogP contribution in [0.1, 0.15) is 41.6 Å². The van der Waals surface area contributed by atoms with Gasteiger partial charge in [0.25, 0.3) is 5.91 Å². The first kappa shape index (κ1) is 17.2. The number of hydrogen-bond donors (Lipinski definition) is 3. The molecular formula is C20H22N2O3. The van der Waals surface area contributed by atoms with Crippen molar-refractivity contribution in [1.82, 2.24) is 5.32 Å². The number of aliphatic carboxylic acids is 1. The highest BCUT2D eigenvalue weighted by Gasteiger charge is 2.42.